The van der Waals surface area contributed by atoms with Crippen LogP contribution in [0.5, 0.6) is 5.75 Å². The summed E-state index contributed by atoms with van der Waals surface area (Å²) in [5.74, 6) is 0.400. The number of aryl methyl sites for hydroxylation is 1. The molecule has 1 aromatic carbocycles. The van der Waals surface area contributed by atoms with E-state index in [0.717, 1.165) is 5.56 Å². The molecule has 0 aromatic heterocycles. The number of hydrogen-bond donors (Lipinski definition) is 0. The molecule has 0 amide bonds. The largest absolute Gasteiger partial charge is 0.426 e. The van der Waals surface area contributed by atoms with E-state index < -0.39 is 5.41 Å². The van der Waals surface area contributed by atoms with Gasteiger partial charge in [0.25, 0.3) is 0 Å². The van der Waals surface area contributed by atoms with Crippen molar-refractivity contribution in [2.24, 2.45) is 5.41 Å². The van der Waals surface area contributed by atoms with Gasteiger partial charge in [0.2, 0.25) is 0 Å². The van der Waals surface area contributed by atoms with Gasteiger partial charge in [-0.1, -0.05) is 17.7 Å². The van der Waals surface area contributed by atoms with Gasteiger partial charge in [-0.15, -0.1) is 0 Å². The summed E-state index contributed by atoms with van der Waals surface area (Å²) in [5.41, 5.74) is 0.700. The molecule has 0 aliphatic heterocycles. The molecule has 1 aromatic rings. The Balaban J connectivity index is 2.71. The standard InChI is InChI=1S/C12H16O2/c1-9-5-7-10(8-6-9)14-11(13)12(2,3)4/h5-8H,1-4H3. The fraction of sp³-hybridized carbons (Fsp3) is 0.417. The molecule has 0 unspecified atom stereocenters. The monoisotopic (exact) mass is 192 g/mol. The average molecular weight is 192 g/mol. The Labute approximate surface area is 84.9 Å². The van der Waals surface area contributed by atoms with Gasteiger partial charge in [0, 0.05) is 0 Å². The first-order chi connectivity index (χ1) is 6.39. The Hall–Kier alpha value is -1.31. The highest BCUT2D eigenvalue weighted by Gasteiger charge is 2.23. The van der Waals surface area contributed by atoms with Crippen LogP contribution in [0.2, 0.25) is 0 Å². The quantitative estimate of drug-likeness (QED) is 0.505. The van der Waals surface area contributed by atoms with E-state index in [-0.39, 0.29) is 5.97 Å². The summed E-state index contributed by atoms with van der Waals surface area (Å²) in [6, 6.07) is 7.45. The SMILES string of the molecule is Cc1ccc(OC(=O)C(C)(C)C)cc1. The molecular formula is C12H16O2. The molecule has 14 heavy (non-hydrogen) atoms. The Morgan fingerprint density at radius 3 is 2.07 bits per heavy atom. The van der Waals surface area contributed by atoms with Crippen LogP contribution in [0, 0.1) is 12.3 Å². The third kappa shape index (κ3) is 2.87. The second-order valence-corrected chi connectivity index (χ2v) is 4.45. The van der Waals surface area contributed by atoms with Crippen molar-refractivity contribution in [2.45, 2.75) is 27.7 Å². The van der Waals surface area contributed by atoms with E-state index >= 15 is 0 Å². The molecule has 2 heteroatoms. The number of ether oxygens (including phenoxy) is 1. The minimum absolute atomic E-state index is 0.207. The second-order valence-electron chi connectivity index (χ2n) is 4.45. The normalized spacial score (nSPS) is 11.1. The summed E-state index contributed by atoms with van der Waals surface area (Å²) in [6.45, 7) is 7.51. The predicted molar refractivity (Wildman–Crippen MR) is 56.3 cm³/mol. The Morgan fingerprint density at radius 1 is 1.14 bits per heavy atom. The van der Waals surface area contributed by atoms with Crippen LogP contribution in [0.1, 0.15) is 26.3 Å². The molecule has 0 atom stereocenters. The van der Waals surface area contributed by atoms with Crippen molar-refractivity contribution in [2.75, 3.05) is 0 Å². The zero-order valence-corrected chi connectivity index (χ0v) is 9.13. The van der Waals surface area contributed by atoms with E-state index in [9.17, 15) is 4.79 Å². The Kier molecular flexibility index (Phi) is 2.94. The highest BCUT2D eigenvalue weighted by Crippen LogP contribution is 2.19. The number of rotatable bonds is 1. The minimum atomic E-state index is -0.453. The second kappa shape index (κ2) is 3.82. The zero-order valence-electron chi connectivity index (χ0n) is 9.13. The maximum atomic E-state index is 11.5. The first-order valence-electron chi connectivity index (χ1n) is 4.68. The third-order valence-corrected chi connectivity index (χ3v) is 1.84. The zero-order chi connectivity index (χ0) is 10.8. The third-order valence-electron chi connectivity index (χ3n) is 1.84. The number of carbonyl (C=O) groups is 1. The van der Waals surface area contributed by atoms with Gasteiger partial charge in [-0.05, 0) is 39.8 Å². The van der Waals surface area contributed by atoms with Crippen LogP contribution in [0.25, 0.3) is 0 Å². The molecule has 0 bridgehead atoms. The number of esters is 1. The highest BCUT2D eigenvalue weighted by molar-refractivity contribution is 5.77. The lowest BCUT2D eigenvalue weighted by atomic mass is 9.97. The van der Waals surface area contributed by atoms with Crippen molar-refractivity contribution in [1.29, 1.82) is 0 Å². The summed E-state index contributed by atoms with van der Waals surface area (Å²) in [7, 11) is 0. The number of carbonyl (C=O) groups excluding carboxylic acids is 1. The van der Waals surface area contributed by atoms with Gasteiger partial charge in [0.1, 0.15) is 5.75 Å². The van der Waals surface area contributed by atoms with Crippen LogP contribution in [0.4, 0.5) is 0 Å². The molecule has 76 valence electrons. The molecule has 2 nitrogen and oxygen atoms in total. The van der Waals surface area contributed by atoms with E-state index in [0.29, 0.717) is 5.75 Å². The molecule has 0 saturated heterocycles. The topological polar surface area (TPSA) is 26.3 Å². The fourth-order valence-electron chi connectivity index (χ4n) is 0.866. The van der Waals surface area contributed by atoms with E-state index in [1.54, 1.807) is 12.1 Å². The first-order valence-corrected chi connectivity index (χ1v) is 4.68. The molecule has 0 radical (unpaired) electrons. The van der Waals surface area contributed by atoms with Crippen molar-refractivity contribution in [3.05, 3.63) is 29.8 Å². The van der Waals surface area contributed by atoms with Gasteiger partial charge in [-0.3, -0.25) is 4.79 Å². The van der Waals surface area contributed by atoms with Crippen molar-refractivity contribution in [3.63, 3.8) is 0 Å². The Morgan fingerprint density at radius 2 is 1.64 bits per heavy atom. The predicted octanol–water partition coefficient (Wildman–Crippen LogP) is 2.95. The summed E-state index contributed by atoms with van der Waals surface area (Å²) in [4.78, 5) is 11.5. The molecule has 0 aliphatic carbocycles. The molecule has 0 aliphatic rings. The molecule has 1 rings (SSSR count). The van der Waals surface area contributed by atoms with E-state index in [1.165, 1.54) is 0 Å². The molecule has 0 heterocycles. The highest BCUT2D eigenvalue weighted by atomic mass is 16.5. The summed E-state index contributed by atoms with van der Waals surface area (Å²) in [6.07, 6.45) is 0. The molecule has 0 fully saturated rings. The van der Waals surface area contributed by atoms with Gasteiger partial charge in [-0.25, -0.2) is 0 Å². The van der Waals surface area contributed by atoms with Crippen LogP contribution in [-0.4, -0.2) is 5.97 Å². The van der Waals surface area contributed by atoms with E-state index in [1.807, 2.05) is 39.8 Å². The van der Waals surface area contributed by atoms with Crippen molar-refractivity contribution >= 4 is 5.97 Å². The number of hydrogen-bond acceptors (Lipinski definition) is 2. The number of benzene rings is 1. The smallest absolute Gasteiger partial charge is 0.316 e. The molecule has 0 N–H and O–H groups in total. The maximum Gasteiger partial charge on any atom is 0.316 e. The summed E-state index contributed by atoms with van der Waals surface area (Å²) in [5, 5.41) is 0. The lowest BCUT2D eigenvalue weighted by molar-refractivity contribution is -0.142. The van der Waals surface area contributed by atoms with E-state index in [2.05, 4.69) is 0 Å². The van der Waals surface area contributed by atoms with Crippen LogP contribution in [0.3, 0.4) is 0 Å². The van der Waals surface area contributed by atoms with Gasteiger partial charge >= 0.3 is 5.97 Å². The fourth-order valence-corrected chi connectivity index (χ4v) is 0.866. The Bertz CT molecular complexity index is 317. The van der Waals surface area contributed by atoms with Gasteiger partial charge in [0.15, 0.2) is 0 Å². The van der Waals surface area contributed by atoms with Gasteiger partial charge in [0.05, 0.1) is 5.41 Å². The van der Waals surface area contributed by atoms with Crippen molar-refractivity contribution in [3.8, 4) is 5.75 Å². The van der Waals surface area contributed by atoms with Gasteiger partial charge in [-0.2, -0.15) is 0 Å². The first kappa shape index (κ1) is 10.8. The lowest BCUT2D eigenvalue weighted by Crippen LogP contribution is -2.25. The summed E-state index contributed by atoms with van der Waals surface area (Å²) >= 11 is 0. The average Bonchev–Trinajstić information content (AvgIpc) is 2.07. The van der Waals surface area contributed by atoms with Crippen LogP contribution in [-0.2, 0) is 4.79 Å². The van der Waals surface area contributed by atoms with Crippen LogP contribution >= 0.6 is 0 Å². The maximum absolute atomic E-state index is 11.5. The van der Waals surface area contributed by atoms with Crippen molar-refractivity contribution in [1.82, 2.24) is 0 Å². The molecular weight excluding hydrogens is 176 g/mol. The van der Waals surface area contributed by atoms with Crippen LogP contribution in [0.15, 0.2) is 24.3 Å². The lowest BCUT2D eigenvalue weighted by Gasteiger charge is -2.16. The molecule has 0 spiro atoms. The van der Waals surface area contributed by atoms with Crippen molar-refractivity contribution < 1.29 is 9.53 Å². The summed E-state index contributed by atoms with van der Waals surface area (Å²) < 4.78 is 5.19. The minimum Gasteiger partial charge on any atom is -0.426 e. The van der Waals surface area contributed by atoms with E-state index in [4.69, 9.17) is 4.74 Å². The van der Waals surface area contributed by atoms with Gasteiger partial charge < -0.3 is 4.74 Å². The van der Waals surface area contributed by atoms with Crippen LogP contribution < -0.4 is 4.74 Å². The molecule has 0 saturated carbocycles.